The Bertz CT molecular complexity index is 1280. The summed E-state index contributed by atoms with van der Waals surface area (Å²) in [6.07, 6.45) is 2.56. The highest BCUT2D eigenvalue weighted by Crippen LogP contribution is 2.34. The van der Waals surface area contributed by atoms with Crippen LogP contribution in [0.15, 0.2) is 59.6 Å². The van der Waals surface area contributed by atoms with Crippen molar-refractivity contribution in [3.8, 4) is 5.75 Å². The van der Waals surface area contributed by atoms with E-state index in [2.05, 4.69) is 4.98 Å². The fourth-order valence-electron chi connectivity index (χ4n) is 4.23. The van der Waals surface area contributed by atoms with Crippen LogP contribution in [-0.2, 0) is 21.4 Å². The predicted octanol–water partition coefficient (Wildman–Crippen LogP) is 4.37. The van der Waals surface area contributed by atoms with E-state index >= 15 is 0 Å². The summed E-state index contributed by atoms with van der Waals surface area (Å²) in [6.45, 7) is 5.82. The maximum atomic E-state index is 13.7. The summed E-state index contributed by atoms with van der Waals surface area (Å²) in [6, 6.07) is 14.5. The van der Waals surface area contributed by atoms with Crippen molar-refractivity contribution in [3.05, 3.63) is 66.0 Å². The third-order valence-electron chi connectivity index (χ3n) is 6.04. The lowest BCUT2D eigenvalue weighted by Gasteiger charge is -2.23. The Labute approximate surface area is 206 Å². The number of ether oxygens (including phenoxy) is 2. The van der Waals surface area contributed by atoms with Gasteiger partial charge in [-0.15, -0.1) is 0 Å². The monoisotopic (exact) mass is 497 g/mol. The van der Waals surface area contributed by atoms with Crippen molar-refractivity contribution < 1.29 is 22.7 Å². The quantitative estimate of drug-likeness (QED) is 0.482. The third kappa shape index (κ3) is 5.57. The molecule has 0 radical (unpaired) electrons. The van der Waals surface area contributed by atoms with E-state index in [0.29, 0.717) is 48.3 Å². The van der Waals surface area contributed by atoms with Crippen LogP contribution >= 0.6 is 0 Å². The van der Waals surface area contributed by atoms with Crippen LogP contribution in [-0.4, -0.2) is 61.5 Å². The number of pyridine rings is 1. The van der Waals surface area contributed by atoms with Crippen molar-refractivity contribution in [1.82, 2.24) is 14.2 Å². The molecule has 1 aliphatic rings. The molecule has 186 valence electrons. The molecule has 0 atom stereocenters. The molecule has 0 saturated carbocycles. The van der Waals surface area contributed by atoms with Crippen molar-refractivity contribution in [1.29, 1.82) is 0 Å². The topological polar surface area (TPSA) is 89.0 Å². The highest BCUT2D eigenvalue weighted by molar-refractivity contribution is 7.89. The van der Waals surface area contributed by atoms with Crippen LogP contribution < -0.4 is 4.74 Å². The van der Waals surface area contributed by atoms with E-state index < -0.39 is 16.1 Å². The number of aryl methyl sites for hydroxylation is 1. The lowest BCUT2D eigenvalue weighted by molar-refractivity contribution is 0.0980. The molecule has 1 aliphatic heterocycles. The van der Waals surface area contributed by atoms with Gasteiger partial charge in [-0.2, -0.15) is 4.31 Å². The van der Waals surface area contributed by atoms with Crippen molar-refractivity contribution in [2.75, 3.05) is 32.8 Å². The minimum absolute atomic E-state index is 0.185. The van der Waals surface area contributed by atoms with Gasteiger partial charge < -0.3 is 14.4 Å². The van der Waals surface area contributed by atoms with Gasteiger partial charge in [-0.1, -0.05) is 37.3 Å². The summed E-state index contributed by atoms with van der Waals surface area (Å²) >= 11 is 0. The van der Waals surface area contributed by atoms with Gasteiger partial charge in [0.25, 0.3) is 0 Å². The van der Waals surface area contributed by atoms with E-state index in [0.717, 1.165) is 12.0 Å². The first-order chi connectivity index (χ1) is 16.9. The molecule has 35 heavy (non-hydrogen) atoms. The molecule has 3 aromatic rings. The van der Waals surface area contributed by atoms with Crippen LogP contribution in [0.3, 0.4) is 0 Å². The smallest absolute Gasteiger partial charge is 0.410 e. The summed E-state index contributed by atoms with van der Waals surface area (Å²) < 4.78 is 40.2. The summed E-state index contributed by atoms with van der Waals surface area (Å²) in [5, 5.41) is 1.30. The summed E-state index contributed by atoms with van der Waals surface area (Å²) in [7, 11) is -3.80. The number of carbonyl (C=O) groups excluding carboxylic acids is 1. The molecule has 2 heterocycles. The van der Waals surface area contributed by atoms with Crippen molar-refractivity contribution in [2.24, 2.45) is 0 Å². The summed E-state index contributed by atoms with van der Waals surface area (Å²) in [4.78, 5) is 18.8. The second-order valence-electron chi connectivity index (χ2n) is 8.51. The molecule has 9 heteroatoms. The van der Waals surface area contributed by atoms with Gasteiger partial charge in [-0.3, -0.25) is 4.98 Å². The summed E-state index contributed by atoms with van der Waals surface area (Å²) in [5.74, 6) is 0.634. The van der Waals surface area contributed by atoms with Gasteiger partial charge in [0.15, 0.2) is 0 Å². The van der Waals surface area contributed by atoms with Crippen LogP contribution in [0.5, 0.6) is 5.75 Å². The fraction of sp³-hybridized carbons (Fsp3) is 0.385. The van der Waals surface area contributed by atoms with Gasteiger partial charge in [0.1, 0.15) is 12.4 Å². The molecule has 0 aliphatic carbocycles. The van der Waals surface area contributed by atoms with Crippen LogP contribution in [0, 0.1) is 6.92 Å². The predicted molar refractivity (Wildman–Crippen MR) is 134 cm³/mol. The first-order valence-electron chi connectivity index (χ1n) is 11.9. The maximum absolute atomic E-state index is 13.7. The van der Waals surface area contributed by atoms with Gasteiger partial charge in [0.2, 0.25) is 10.0 Å². The van der Waals surface area contributed by atoms with Gasteiger partial charge in [0.05, 0.1) is 11.5 Å². The molecule has 1 saturated heterocycles. The molecule has 0 N–H and O–H groups in total. The minimum Gasteiger partial charge on any atom is -0.493 e. The second-order valence-corrected chi connectivity index (χ2v) is 10.4. The lowest BCUT2D eigenvalue weighted by atomic mass is 10.1. The zero-order chi connectivity index (χ0) is 24.8. The zero-order valence-electron chi connectivity index (χ0n) is 20.1. The van der Waals surface area contributed by atoms with E-state index in [-0.39, 0.29) is 24.6 Å². The van der Waals surface area contributed by atoms with Crippen molar-refractivity contribution >= 4 is 26.9 Å². The lowest BCUT2D eigenvalue weighted by Crippen LogP contribution is -2.37. The number of rotatable bonds is 7. The Balaban J connectivity index is 1.51. The molecule has 1 fully saturated rings. The van der Waals surface area contributed by atoms with E-state index in [1.807, 2.05) is 44.2 Å². The molecule has 2 aromatic carbocycles. The van der Waals surface area contributed by atoms with E-state index in [1.165, 1.54) is 4.31 Å². The maximum Gasteiger partial charge on any atom is 0.410 e. The first kappa shape index (κ1) is 24.9. The largest absolute Gasteiger partial charge is 0.493 e. The minimum atomic E-state index is -3.80. The number of aromatic nitrogens is 1. The van der Waals surface area contributed by atoms with Crippen LogP contribution in [0.1, 0.15) is 31.0 Å². The average molecular weight is 498 g/mol. The molecule has 4 rings (SSSR count). The molecule has 1 amide bonds. The Hall–Kier alpha value is -3.17. The number of nitrogens with zero attached hydrogens (tertiary/aromatic N) is 3. The molecule has 0 bridgehead atoms. The van der Waals surface area contributed by atoms with Gasteiger partial charge >= 0.3 is 6.09 Å². The Kier molecular flexibility index (Phi) is 7.87. The standard InChI is InChI=1S/C26H31N3O5S/c1-3-18-33-23-10-11-24(22-12-13-27-20(2)25(22)23)35(31,32)29-15-7-14-28(16-17-29)26(30)34-19-21-8-5-4-6-9-21/h4-6,8-13H,3,7,14-19H2,1-2H3. The van der Waals surface area contributed by atoms with E-state index in [4.69, 9.17) is 9.47 Å². The third-order valence-corrected chi connectivity index (χ3v) is 7.99. The highest BCUT2D eigenvalue weighted by Gasteiger charge is 2.30. The molecule has 8 nitrogen and oxygen atoms in total. The first-order valence-corrected chi connectivity index (χ1v) is 13.3. The number of amides is 1. The van der Waals surface area contributed by atoms with Crippen molar-refractivity contribution in [3.63, 3.8) is 0 Å². The normalized spacial score (nSPS) is 15.1. The number of hydrogen-bond acceptors (Lipinski definition) is 6. The zero-order valence-corrected chi connectivity index (χ0v) is 21.0. The van der Waals surface area contributed by atoms with Crippen LogP contribution in [0.2, 0.25) is 0 Å². The molecular formula is C26H31N3O5S. The van der Waals surface area contributed by atoms with Gasteiger partial charge in [-0.05, 0) is 43.5 Å². The molecule has 1 aromatic heterocycles. The Morgan fingerprint density at radius 2 is 1.83 bits per heavy atom. The van der Waals surface area contributed by atoms with E-state index in [9.17, 15) is 13.2 Å². The van der Waals surface area contributed by atoms with Crippen LogP contribution in [0.25, 0.3) is 10.8 Å². The number of sulfonamides is 1. The molecular weight excluding hydrogens is 466 g/mol. The molecule has 0 unspecified atom stereocenters. The van der Waals surface area contributed by atoms with Crippen molar-refractivity contribution in [2.45, 2.75) is 38.2 Å². The van der Waals surface area contributed by atoms with Gasteiger partial charge in [0, 0.05) is 48.8 Å². The number of hydrogen-bond donors (Lipinski definition) is 0. The number of carbonyl (C=O) groups is 1. The second kappa shape index (κ2) is 11.0. The Morgan fingerprint density at radius 3 is 2.60 bits per heavy atom. The van der Waals surface area contributed by atoms with Gasteiger partial charge in [-0.25, -0.2) is 13.2 Å². The SMILES string of the molecule is CCCOc1ccc(S(=O)(=O)N2CCCN(C(=O)OCc3ccccc3)CC2)c2ccnc(C)c12. The molecule has 0 spiro atoms. The average Bonchev–Trinajstić information content (AvgIpc) is 3.13. The van der Waals surface area contributed by atoms with E-state index in [1.54, 1.807) is 29.3 Å². The summed E-state index contributed by atoms with van der Waals surface area (Å²) in [5.41, 5.74) is 1.62. The Morgan fingerprint density at radius 1 is 1.03 bits per heavy atom. The number of fused-ring (bicyclic) bond motifs is 1. The number of benzene rings is 2. The highest BCUT2D eigenvalue weighted by atomic mass is 32.2. The fourth-order valence-corrected chi connectivity index (χ4v) is 5.89. The van der Waals surface area contributed by atoms with Crippen LogP contribution in [0.4, 0.5) is 4.79 Å².